The molecular formula is C22H27N3O3S. The number of rotatable bonds is 8. The van der Waals surface area contributed by atoms with Gasteiger partial charge in [0.1, 0.15) is 5.75 Å². The molecule has 2 aromatic rings. The van der Waals surface area contributed by atoms with E-state index in [9.17, 15) is 9.59 Å². The van der Waals surface area contributed by atoms with Gasteiger partial charge >= 0.3 is 0 Å². The molecule has 0 spiro atoms. The fraction of sp³-hybridized carbons (Fsp3) is 0.409. The molecule has 2 amide bonds. The van der Waals surface area contributed by atoms with Gasteiger partial charge in [-0.2, -0.15) is 0 Å². The molecule has 7 heteroatoms. The highest BCUT2D eigenvalue weighted by Crippen LogP contribution is 2.27. The number of thiazole rings is 1. The zero-order valence-electron chi connectivity index (χ0n) is 16.9. The Bertz CT molecular complexity index is 872. The first kappa shape index (κ1) is 21.0. The van der Waals surface area contributed by atoms with E-state index in [1.54, 1.807) is 17.4 Å². The van der Waals surface area contributed by atoms with Crippen LogP contribution in [0.4, 0.5) is 0 Å². The molecule has 154 valence electrons. The Balaban J connectivity index is 1.63. The van der Waals surface area contributed by atoms with Gasteiger partial charge in [0.25, 0.3) is 5.91 Å². The first-order chi connectivity index (χ1) is 14.1. The molecule has 1 unspecified atom stereocenters. The van der Waals surface area contributed by atoms with Crippen molar-refractivity contribution >= 4 is 29.2 Å². The molecule has 1 aliphatic rings. The average Bonchev–Trinajstić information content (AvgIpc) is 3.41. The summed E-state index contributed by atoms with van der Waals surface area (Å²) in [6.07, 6.45) is 6.02. The fourth-order valence-electron chi connectivity index (χ4n) is 3.33. The third-order valence-electron chi connectivity index (χ3n) is 4.87. The molecule has 0 aliphatic carbocycles. The molecular weight excluding hydrogens is 386 g/mol. The Morgan fingerprint density at radius 1 is 1.31 bits per heavy atom. The van der Waals surface area contributed by atoms with Gasteiger partial charge in [0, 0.05) is 30.1 Å². The highest BCUT2D eigenvalue weighted by Gasteiger charge is 2.20. The maximum absolute atomic E-state index is 12.4. The smallest absolute Gasteiger partial charge is 0.260 e. The molecule has 2 heterocycles. The van der Waals surface area contributed by atoms with Crippen LogP contribution >= 0.6 is 11.3 Å². The fourth-order valence-corrected chi connectivity index (χ4v) is 3.92. The lowest BCUT2D eigenvalue weighted by Gasteiger charge is -2.21. The lowest BCUT2D eigenvalue weighted by molar-refractivity contribution is -0.132. The van der Waals surface area contributed by atoms with Gasteiger partial charge in [-0.3, -0.25) is 9.59 Å². The number of hydrogen-bond donors (Lipinski definition) is 1. The van der Waals surface area contributed by atoms with Gasteiger partial charge in [0.15, 0.2) is 6.61 Å². The van der Waals surface area contributed by atoms with Gasteiger partial charge in [-0.15, -0.1) is 11.3 Å². The number of aromatic nitrogens is 1. The van der Waals surface area contributed by atoms with Gasteiger partial charge in [-0.1, -0.05) is 25.1 Å². The predicted molar refractivity (Wildman–Crippen MR) is 115 cm³/mol. The molecule has 1 atom stereocenters. The van der Waals surface area contributed by atoms with Crippen LogP contribution in [-0.4, -0.2) is 41.4 Å². The van der Waals surface area contributed by atoms with Crippen LogP contribution in [0.2, 0.25) is 0 Å². The Morgan fingerprint density at radius 2 is 2.07 bits per heavy atom. The first-order valence-corrected chi connectivity index (χ1v) is 10.8. The third kappa shape index (κ3) is 5.90. The van der Waals surface area contributed by atoms with Crippen LogP contribution < -0.4 is 10.1 Å². The first-order valence-electron chi connectivity index (χ1n) is 9.97. The summed E-state index contributed by atoms with van der Waals surface area (Å²) in [5.41, 5.74) is 1.65. The van der Waals surface area contributed by atoms with Crippen LogP contribution in [0, 0.1) is 6.92 Å². The number of nitrogens with zero attached hydrogens (tertiary/aromatic N) is 2. The second-order valence-corrected chi connectivity index (χ2v) is 8.07. The van der Waals surface area contributed by atoms with E-state index in [1.165, 1.54) is 6.08 Å². The number of carbonyl (C=O) groups excluding carboxylic acids is 2. The number of benzene rings is 1. The van der Waals surface area contributed by atoms with E-state index in [0.717, 1.165) is 42.2 Å². The van der Waals surface area contributed by atoms with Crippen LogP contribution in [0.25, 0.3) is 6.08 Å². The van der Waals surface area contributed by atoms with Gasteiger partial charge < -0.3 is 15.0 Å². The van der Waals surface area contributed by atoms with Crippen molar-refractivity contribution in [2.24, 2.45) is 0 Å². The Kier molecular flexibility index (Phi) is 7.41. The SMILES string of the molecule is CCC(NC(=O)/C=C/c1csc(C)n1)c1ccccc1OCC(=O)N1CCCC1. The normalized spacial score (nSPS) is 14.9. The third-order valence-corrected chi connectivity index (χ3v) is 5.66. The quantitative estimate of drug-likeness (QED) is 0.670. The summed E-state index contributed by atoms with van der Waals surface area (Å²) < 4.78 is 5.84. The van der Waals surface area contributed by atoms with Crippen molar-refractivity contribution in [1.82, 2.24) is 15.2 Å². The van der Waals surface area contributed by atoms with E-state index in [-0.39, 0.29) is 24.5 Å². The van der Waals surface area contributed by atoms with E-state index in [4.69, 9.17) is 4.74 Å². The van der Waals surface area contributed by atoms with Crippen molar-refractivity contribution in [2.45, 2.75) is 39.2 Å². The van der Waals surface area contributed by atoms with Crippen molar-refractivity contribution in [2.75, 3.05) is 19.7 Å². The van der Waals surface area contributed by atoms with Crippen LogP contribution in [0.3, 0.4) is 0 Å². The number of hydrogen-bond acceptors (Lipinski definition) is 5. The molecule has 29 heavy (non-hydrogen) atoms. The number of amides is 2. The van der Waals surface area contributed by atoms with E-state index in [2.05, 4.69) is 10.3 Å². The molecule has 3 rings (SSSR count). The summed E-state index contributed by atoms with van der Waals surface area (Å²) in [6.45, 7) is 5.57. The summed E-state index contributed by atoms with van der Waals surface area (Å²) >= 11 is 1.55. The van der Waals surface area contributed by atoms with Crippen LogP contribution in [0.5, 0.6) is 5.75 Å². The summed E-state index contributed by atoms with van der Waals surface area (Å²) in [7, 11) is 0. The molecule has 0 bridgehead atoms. The second kappa shape index (κ2) is 10.2. The van der Waals surface area contributed by atoms with E-state index < -0.39 is 0 Å². The summed E-state index contributed by atoms with van der Waals surface area (Å²) in [4.78, 5) is 30.8. The molecule has 1 N–H and O–H groups in total. The van der Waals surface area contributed by atoms with Crippen molar-refractivity contribution in [1.29, 1.82) is 0 Å². The van der Waals surface area contributed by atoms with Crippen molar-refractivity contribution < 1.29 is 14.3 Å². The molecule has 0 radical (unpaired) electrons. The monoisotopic (exact) mass is 413 g/mol. The molecule has 6 nitrogen and oxygen atoms in total. The van der Waals surface area contributed by atoms with Gasteiger partial charge in [0.2, 0.25) is 5.91 Å². The number of aryl methyl sites for hydroxylation is 1. The van der Waals surface area contributed by atoms with Crippen molar-refractivity contribution in [3.05, 3.63) is 52.0 Å². The molecule has 1 aromatic heterocycles. The molecule has 1 aliphatic heterocycles. The summed E-state index contributed by atoms with van der Waals surface area (Å²) in [5, 5.41) is 5.90. The van der Waals surface area contributed by atoms with E-state index >= 15 is 0 Å². The lowest BCUT2D eigenvalue weighted by Crippen LogP contribution is -2.32. The Hall–Kier alpha value is -2.67. The number of para-hydroxylation sites is 1. The van der Waals surface area contributed by atoms with Gasteiger partial charge in [-0.25, -0.2) is 4.98 Å². The lowest BCUT2D eigenvalue weighted by atomic mass is 10.0. The predicted octanol–water partition coefficient (Wildman–Crippen LogP) is 3.73. The molecule has 0 saturated carbocycles. The van der Waals surface area contributed by atoms with Crippen LogP contribution in [0.15, 0.2) is 35.7 Å². The van der Waals surface area contributed by atoms with Crippen LogP contribution in [0.1, 0.15) is 48.5 Å². The number of likely N-dealkylation sites (tertiary alicyclic amines) is 1. The highest BCUT2D eigenvalue weighted by molar-refractivity contribution is 7.09. The maximum Gasteiger partial charge on any atom is 0.260 e. The van der Waals surface area contributed by atoms with Crippen LogP contribution in [-0.2, 0) is 9.59 Å². The highest BCUT2D eigenvalue weighted by atomic mass is 32.1. The number of nitrogens with one attached hydrogen (secondary N) is 1. The Morgan fingerprint density at radius 3 is 2.76 bits per heavy atom. The van der Waals surface area contributed by atoms with Gasteiger partial charge in [-0.05, 0) is 38.3 Å². The number of ether oxygens (including phenoxy) is 1. The van der Waals surface area contributed by atoms with E-state index in [0.29, 0.717) is 12.2 Å². The van der Waals surface area contributed by atoms with Crippen molar-refractivity contribution in [3.8, 4) is 5.75 Å². The minimum atomic E-state index is -0.206. The second-order valence-electron chi connectivity index (χ2n) is 7.01. The summed E-state index contributed by atoms with van der Waals surface area (Å²) in [5.74, 6) is 0.452. The molecule has 1 fully saturated rings. The average molecular weight is 414 g/mol. The van der Waals surface area contributed by atoms with Gasteiger partial charge in [0.05, 0.1) is 16.7 Å². The zero-order valence-corrected chi connectivity index (χ0v) is 17.7. The standard InChI is InChI=1S/C22H27N3O3S/c1-3-19(24-21(26)11-10-17-15-29-16(2)23-17)18-8-4-5-9-20(18)28-14-22(27)25-12-6-7-13-25/h4-5,8-11,15,19H,3,6-7,12-14H2,1-2H3,(H,24,26)/b11-10+. The minimum Gasteiger partial charge on any atom is -0.483 e. The van der Waals surface area contributed by atoms with Crippen molar-refractivity contribution in [3.63, 3.8) is 0 Å². The Labute approximate surface area is 175 Å². The minimum absolute atomic E-state index is 0.0101. The molecule has 1 saturated heterocycles. The maximum atomic E-state index is 12.4. The molecule has 1 aromatic carbocycles. The summed E-state index contributed by atoms with van der Waals surface area (Å²) in [6, 6.07) is 7.35. The number of carbonyl (C=O) groups is 2. The largest absolute Gasteiger partial charge is 0.483 e. The topological polar surface area (TPSA) is 71.5 Å². The zero-order chi connectivity index (χ0) is 20.6. The van der Waals surface area contributed by atoms with E-state index in [1.807, 2.05) is 48.4 Å².